The lowest BCUT2D eigenvalue weighted by atomic mass is 10.2. The van der Waals surface area contributed by atoms with Crippen molar-refractivity contribution < 1.29 is 22.8 Å². The van der Waals surface area contributed by atoms with E-state index in [1.807, 2.05) is 6.92 Å². The molecule has 29 heavy (non-hydrogen) atoms. The summed E-state index contributed by atoms with van der Waals surface area (Å²) < 4.78 is 45.8. The molecule has 0 fully saturated rings. The van der Waals surface area contributed by atoms with Gasteiger partial charge in [0.25, 0.3) is 5.69 Å². The summed E-state index contributed by atoms with van der Waals surface area (Å²) in [7, 11) is 0. The summed E-state index contributed by atoms with van der Waals surface area (Å²) >= 11 is 0.868. The van der Waals surface area contributed by atoms with Crippen molar-refractivity contribution in [2.24, 2.45) is 0 Å². The third-order valence-corrected chi connectivity index (χ3v) is 4.90. The second-order valence-corrected chi connectivity index (χ2v) is 6.84. The highest BCUT2D eigenvalue weighted by Crippen LogP contribution is 2.39. The predicted octanol–water partition coefficient (Wildman–Crippen LogP) is 5.05. The Bertz CT molecular complexity index is 1040. The van der Waals surface area contributed by atoms with Crippen LogP contribution in [0.4, 0.5) is 18.9 Å². The van der Waals surface area contributed by atoms with Crippen molar-refractivity contribution >= 4 is 17.4 Å². The fourth-order valence-electron chi connectivity index (χ4n) is 2.59. The summed E-state index contributed by atoms with van der Waals surface area (Å²) in [6.45, 7) is 4.09. The lowest BCUT2D eigenvalue weighted by Gasteiger charge is -2.11. The third-order valence-electron chi connectivity index (χ3n) is 3.89. The number of ether oxygens (including phenoxy) is 1. The van der Waals surface area contributed by atoms with Crippen molar-refractivity contribution in [1.82, 2.24) is 14.8 Å². The Kier molecular flexibility index (Phi) is 5.78. The van der Waals surface area contributed by atoms with Crippen LogP contribution in [0.15, 0.2) is 52.5 Å². The van der Waals surface area contributed by atoms with Crippen molar-refractivity contribution in [2.75, 3.05) is 6.61 Å². The van der Waals surface area contributed by atoms with Crippen LogP contribution >= 0.6 is 11.8 Å². The maximum absolute atomic E-state index is 12.9. The number of nitro groups is 1. The summed E-state index contributed by atoms with van der Waals surface area (Å²) in [5.41, 5.74) is -1.05. The molecule has 0 aliphatic carbocycles. The number of hydrogen-bond acceptors (Lipinski definition) is 6. The van der Waals surface area contributed by atoms with Crippen LogP contribution in [0.2, 0.25) is 0 Å². The van der Waals surface area contributed by atoms with Crippen LogP contribution in [-0.2, 0) is 6.18 Å². The first kappa shape index (κ1) is 20.6. The van der Waals surface area contributed by atoms with Crippen molar-refractivity contribution in [3.8, 4) is 11.4 Å². The number of nitrogens with zero attached hydrogens (tertiary/aromatic N) is 4. The molecule has 7 nitrogen and oxygen atoms in total. The molecule has 1 heterocycles. The Labute approximate surface area is 167 Å². The van der Waals surface area contributed by atoms with E-state index in [1.54, 1.807) is 35.8 Å². The first-order chi connectivity index (χ1) is 13.7. The van der Waals surface area contributed by atoms with Gasteiger partial charge < -0.3 is 4.74 Å². The molecule has 0 amide bonds. The van der Waals surface area contributed by atoms with Gasteiger partial charge in [0, 0.05) is 11.8 Å². The lowest BCUT2D eigenvalue weighted by Crippen LogP contribution is -2.06. The minimum Gasteiger partial charge on any atom is -0.494 e. The molecule has 1 aromatic heterocycles. The van der Waals surface area contributed by atoms with E-state index in [4.69, 9.17) is 4.74 Å². The number of nitro benzene ring substituents is 1. The van der Waals surface area contributed by atoms with Gasteiger partial charge in [0.15, 0.2) is 0 Å². The van der Waals surface area contributed by atoms with E-state index in [2.05, 4.69) is 10.2 Å². The van der Waals surface area contributed by atoms with Gasteiger partial charge in [-0.3, -0.25) is 14.7 Å². The molecule has 0 saturated heterocycles. The van der Waals surface area contributed by atoms with E-state index >= 15 is 0 Å². The molecular formula is C18H15F3N4O3S. The quantitative estimate of drug-likeness (QED) is 0.407. The average molecular weight is 424 g/mol. The molecule has 0 atom stereocenters. The largest absolute Gasteiger partial charge is 0.494 e. The van der Waals surface area contributed by atoms with E-state index in [9.17, 15) is 23.3 Å². The fraction of sp³-hybridized carbons (Fsp3) is 0.222. The maximum Gasteiger partial charge on any atom is 0.416 e. The van der Waals surface area contributed by atoms with Gasteiger partial charge in [0.05, 0.1) is 22.0 Å². The van der Waals surface area contributed by atoms with Crippen LogP contribution in [0.25, 0.3) is 5.69 Å². The molecule has 0 N–H and O–H groups in total. The van der Waals surface area contributed by atoms with Crippen LogP contribution in [0.1, 0.15) is 18.3 Å². The minimum absolute atomic E-state index is 0.0302. The highest BCUT2D eigenvalue weighted by molar-refractivity contribution is 7.99. The molecular weight excluding hydrogens is 409 g/mol. The van der Waals surface area contributed by atoms with E-state index in [-0.39, 0.29) is 10.1 Å². The second kappa shape index (κ2) is 8.11. The Balaban J connectivity index is 1.99. The highest BCUT2D eigenvalue weighted by atomic mass is 32.2. The normalized spacial score (nSPS) is 11.5. The summed E-state index contributed by atoms with van der Waals surface area (Å²) in [6.07, 6.45) is -4.67. The van der Waals surface area contributed by atoms with Crippen LogP contribution < -0.4 is 4.74 Å². The number of halogens is 3. The van der Waals surface area contributed by atoms with Gasteiger partial charge in [-0.1, -0.05) is 0 Å². The summed E-state index contributed by atoms with van der Waals surface area (Å²) in [4.78, 5) is 10.5. The Morgan fingerprint density at radius 2 is 1.86 bits per heavy atom. The molecule has 3 aromatic rings. The first-order valence-electron chi connectivity index (χ1n) is 8.39. The van der Waals surface area contributed by atoms with E-state index in [0.717, 1.165) is 23.9 Å². The third kappa shape index (κ3) is 4.50. The average Bonchev–Trinajstić information content (AvgIpc) is 3.02. The number of hydrogen-bond donors (Lipinski definition) is 0. The highest BCUT2D eigenvalue weighted by Gasteiger charge is 2.33. The number of aryl methyl sites for hydroxylation is 1. The lowest BCUT2D eigenvalue weighted by molar-refractivity contribution is -0.388. The maximum atomic E-state index is 12.9. The van der Waals surface area contributed by atoms with E-state index in [1.165, 1.54) is 0 Å². The molecule has 0 radical (unpaired) electrons. The standard InChI is InChI=1S/C18H15F3N4O3S/c1-3-28-14-7-5-13(6-8-14)24-11(2)22-23-17(24)29-16-9-4-12(18(19,20)21)10-15(16)25(26)27/h4-10H,3H2,1-2H3. The van der Waals surface area contributed by atoms with Crippen LogP contribution in [0, 0.1) is 17.0 Å². The Morgan fingerprint density at radius 3 is 2.45 bits per heavy atom. The van der Waals surface area contributed by atoms with Crippen LogP contribution in [0.5, 0.6) is 5.75 Å². The molecule has 0 unspecified atom stereocenters. The van der Waals surface area contributed by atoms with Gasteiger partial charge in [-0.2, -0.15) is 13.2 Å². The predicted molar refractivity (Wildman–Crippen MR) is 99.5 cm³/mol. The van der Waals surface area contributed by atoms with Crippen molar-refractivity contribution in [2.45, 2.75) is 30.1 Å². The Hall–Kier alpha value is -3.08. The fourth-order valence-corrected chi connectivity index (χ4v) is 3.57. The molecule has 0 aliphatic rings. The summed E-state index contributed by atoms with van der Waals surface area (Å²) in [5.74, 6) is 1.20. The number of benzene rings is 2. The van der Waals surface area contributed by atoms with E-state index < -0.39 is 22.4 Å². The van der Waals surface area contributed by atoms with Gasteiger partial charge >= 0.3 is 6.18 Å². The first-order valence-corrected chi connectivity index (χ1v) is 9.21. The van der Waals surface area contributed by atoms with Gasteiger partial charge in [-0.25, -0.2) is 0 Å². The van der Waals surface area contributed by atoms with Crippen LogP contribution in [-0.4, -0.2) is 26.3 Å². The van der Waals surface area contributed by atoms with Gasteiger partial charge in [-0.05, 0) is 62.0 Å². The smallest absolute Gasteiger partial charge is 0.416 e. The van der Waals surface area contributed by atoms with E-state index in [0.29, 0.717) is 29.9 Å². The van der Waals surface area contributed by atoms with Crippen molar-refractivity contribution in [3.63, 3.8) is 0 Å². The SMILES string of the molecule is CCOc1ccc(-n2c(C)nnc2Sc2ccc(C(F)(F)F)cc2[N+](=O)[O-])cc1. The molecule has 152 valence electrons. The molecule has 0 spiro atoms. The molecule has 0 bridgehead atoms. The zero-order chi connectivity index (χ0) is 21.2. The zero-order valence-electron chi connectivity index (χ0n) is 15.3. The second-order valence-electron chi connectivity index (χ2n) is 5.83. The monoisotopic (exact) mass is 424 g/mol. The minimum atomic E-state index is -4.67. The Morgan fingerprint density at radius 1 is 1.17 bits per heavy atom. The van der Waals surface area contributed by atoms with Gasteiger partial charge in [0.1, 0.15) is 11.6 Å². The molecule has 3 rings (SSSR count). The number of alkyl halides is 3. The van der Waals surface area contributed by atoms with Gasteiger partial charge in [0.2, 0.25) is 5.16 Å². The summed E-state index contributed by atoms with van der Waals surface area (Å²) in [5, 5.41) is 19.6. The van der Waals surface area contributed by atoms with Gasteiger partial charge in [-0.15, -0.1) is 10.2 Å². The van der Waals surface area contributed by atoms with Crippen molar-refractivity contribution in [3.05, 3.63) is 64.0 Å². The van der Waals surface area contributed by atoms with Crippen LogP contribution in [0.3, 0.4) is 0 Å². The summed E-state index contributed by atoms with van der Waals surface area (Å²) in [6, 6.07) is 9.45. The zero-order valence-corrected chi connectivity index (χ0v) is 16.1. The van der Waals surface area contributed by atoms with Crippen molar-refractivity contribution in [1.29, 1.82) is 0 Å². The number of aromatic nitrogens is 3. The molecule has 0 aliphatic heterocycles. The molecule has 2 aromatic carbocycles. The number of rotatable bonds is 6. The molecule has 11 heteroatoms. The molecule has 0 saturated carbocycles. The topological polar surface area (TPSA) is 83.1 Å².